The summed E-state index contributed by atoms with van der Waals surface area (Å²) >= 11 is 0. The van der Waals surface area contributed by atoms with Gasteiger partial charge >= 0.3 is 5.97 Å². The summed E-state index contributed by atoms with van der Waals surface area (Å²) in [7, 11) is 0. The Balaban J connectivity index is 2.68. The number of phenols is 1. The maximum atomic E-state index is 10.8. The van der Waals surface area contributed by atoms with Crippen molar-refractivity contribution >= 4 is 17.1 Å². The van der Waals surface area contributed by atoms with E-state index in [1.54, 1.807) is 0 Å². The van der Waals surface area contributed by atoms with Gasteiger partial charge in [-0.15, -0.1) is 0 Å². The third kappa shape index (κ3) is 1.60. The maximum Gasteiger partial charge on any atom is 0.335 e. The first-order chi connectivity index (χ1) is 7.49. The summed E-state index contributed by atoms with van der Waals surface area (Å²) in [5.74, 6) is -0.724. The number of aromatic carboxylic acids is 1. The molecule has 0 fully saturated rings. The number of benzene rings is 1. The van der Waals surface area contributed by atoms with Crippen molar-refractivity contribution in [1.82, 2.24) is 4.98 Å². The van der Waals surface area contributed by atoms with Crippen LogP contribution in [0.2, 0.25) is 0 Å². The average molecular weight is 221 g/mol. The minimum atomic E-state index is -1.11. The molecule has 0 radical (unpaired) electrons. The van der Waals surface area contributed by atoms with Crippen molar-refractivity contribution in [3.8, 4) is 5.75 Å². The van der Waals surface area contributed by atoms with Gasteiger partial charge in [-0.2, -0.15) is 0 Å². The first-order valence-corrected chi connectivity index (χ1v) is 4.85. The molecule has 0 saturated carbocycles. The molecule has 84 valence electrons. The number of carbonyl (C=O) groups is 1. The number of aromatic hydroxyl groups is 1. The number of carboxylic acids is 1. The molecule has 0 aliphatic rings. The van der Waals surface area contributed by atoms with E-state index in [4.69, 9.17) is 9.52 Å². The molecule has 2 N–H and O–H groups in total. The zero-order valence-corrected chi connectivity index (χ0v) is 8.89. The van der Waals surface area contributed by atoms with E-state index >= 15 is 0 Å². The van der Waals surface area contributed by atoms with Crippen molar-refractivity contribution in [2.75, 3.05) is 0 Å². The van der Waals surface area contributed by atoms with Gasteiger partial charge in [0.1, 0.15) is 5.75 Å². The van der Waals surface area contributed by atoms with E-state index in [1.807, 2.05) is 13.8 Å². The van der Waals surface area contributed by atoms with Gasteiger partial charge in [-0.3, -0.25) is 0 Å². The standard InChI is InChI=1S/C11H11NO4/c1-5(2)10-12-9-7(13)3-6(11(14)15)4-8(9)16-10/h3-5,13H,1-2H3,(H,14,15). The second-order valence-electron chi connectivity index (χ2n) is 3.85. The van der Waals surface area contributed by atoms with Crippen LogP contribution in [-0.4, -0.2) is 21.2 Å². The Kier molecular flexibility index (Phi) is 2.30. The second-order valence-corrected chi connectivity index (χ2v) is 3.85. The highest BCUT2D eigenvalue weighted by Gasteiger charge is 2.15. The lowest BCUT2D eigenvalue weighted by Crippen LogP contribution is -1.95. The normalized spacial score (nSPS) is 11.2. The highest BCUT2D eigenvalue weighted by Crippen LogP contribution is 2.29. The number of nitrogens with zero attached hydrogens (tertiary/aromatic N) is 1. The SMILES string of the molecule is CC(C)c1nc2c(O)cc(C(=O)O)cc2o1. The Labute approximate surface area is 91.3 Å². The molecular weight excluding hydrogens is 210 g/mol. The highest BCUT2D eigenvalue weighted by atomic mass is 16.4. The molecule has 2 rings (SSSR count). The van der Waals surface area contributed by atoms with Crippen LogP contribution in [0.3, 0.4) is 0 Å². The fraction of sp³-hybridized carbons (Fsp3) is 0.273. The van der Waals surface area contributed by atoms with Crippen LogP contribution < -0.4 is 0 Å². The largest absolute Gasteiger partial charge is 0.506 e. The summed E-state index contributed by atoms with van der Waals surface area (Å²) in [4.78, 5) is 14.9. The van der Waals surface area contributed by atoms with Crippen molar-refractivity contribution in [2.24, 2.45) is 0 Å². The van der Waals surface area contributed by atoms with Gasteiger partial charge in [-0.05, 0) is 12.1 Å². The van der Waals surface area contributed by atoms with Gasteiger partial charge in [0.2, 0.25) is 0 Å². The van der Waals surface area contributed by atoms with Crippen molar-refractivity contribution in [3.63, 3.8) is 0 Å². The Morgan fingerprint density at radius 1 is 1.44 bits per heavy atom. The molecule has 0 saturated heterocycles. The molecule has 2 aromatic rings. The topological polar surface area (TPSA) is 83.6 Å². The molecule has 0 aliphatic carbocycles. The van der Waals surface area contributed by atoms with Gasteiger partial charge in [-0.1, -0.05) is 13.8 Å². The van der Waals surface area contributed by atoms with Crippen LogP contribution in [0.25, 0.3) is 11.1 Å². The van der Waals surface area contributed by atoms with Crippen LogP contribution in [-0.2, 0) is 0 Å². The number of rotatable bonds is 2. The van der Waals surface area contributed by atoms with Gasteiger partial charge in [0.25, 0.3) is 0 Å². The molecule has 0 bridgehead atoms. The predicted molar refractivity (Wildman–Crippen MR) is 56.7 cm³/mol. The number of fused-ring (bicyclic) bond motifs is 1. The fourth-order valence-electron chi connectivity index (χ4n) is 1.40. The summed E-state index contributed by atoms with van der Waals surface area (Å²) < 4.78 is 5.37. The highest BCUT2D eigenvalue weighted by molar-refractivity contribution is 5.94. The van der Waals surface area contributed by atoms with Crippen LogP contribution in [0.4, 0.5) is 0 Å². The third-order valence-corrected chi connectivity index (χ3v) is 2.23. The minimum absolute atomic E-state index is 0.0172. The summed E-state index contributed by atoms with van der Waals surface area (Å²) in [5, 5.41) is 18.4. The van der Waals surface area contributed by atoms with E-state index < -0.39 is 5.97 Å². The van der Waals surface area contributed by atoms with Crippen LogP contribution in [0.15, 0.2) is 16.5 Å². The zero-order chi connectivity index (χ0) is 11.9. The zero-order valence-electron chi connectivity index (χ0n) is 8.89. The summed E-state index contributed by atoms with van der Waals surface area (Å²) in [5.41, 5.74) is 0.575. The van der Waals surface area contributed by atoms with E-state index in [1.165, 1.54) is 6.07 Å². The average Bonchev–Trinajstić information content (AvgIpc) is 2.61. The van der Waals surface area contributed by atoms with Crippen LogP contribution in [0, 0.1) is 0 Å². The molecular formula is C11H11NO4. The number of phenolic OH excluding ortho intramolecular Hbond substituents is 1. The number of hydrogen-bond acceptors (Lipinski definition) is 4. The molecule has 0 unspecified atom stereocenters. The Hall–Kier alpha value is -2.04. The lowest BCUT2D eigenvalue weighted by atomic mass is 10.2. The van der Waals surface area contributed by atoms with E-state index in [9.17, 15) is 9.90 Å². The van der Waals surface area contributed by atoms with Crippen LogP contribution >= 0.6 is 0 Å². The number of oxazole rings is 1. The van der Waals surface area contributed by atoms with E-state index in [2.05, 4.69) is 4.98 Å². The van der Waals surface area contributed by atoms with Crippen molar-refractivity contribution in [2.45, 2.75) is 19.8 Å². The summed E-state index contributed by atoms with van der Waals surface area (Å²) in [6, 6.07) is 2.52. The quantitative estimate of drug-likeness (QED) is 0.813. The smallest absolute Gasteiger partial charge is 0.335 e. The maximum absolute atomic E-state index is 10.8. The Morgan fingerprint density at radius 3 is 2.69 bits per heavy atom. The molecule has 1 aromatic carbocycles. The van der Waals surface area contributed by atoms with Crippen molar-refractivity contribution < 1.29 is 19.4 Å². The van der Waals surface area contributed by atoms with Crippen molar-refractivity contribution in [3.05, 3.63) is 23.6 Å². The summed E-state index contributed by atoms with van der Waals surface area (Å²) in [6.45, 7) is 3.81. The lowest BCUT2D eigenvalue weighted by Gasteiger charge is -1.95. The third-order valence-electron chi connectivity index (χ3n) is 2.23. The first-order valence-electron chi connectivity index (χ1n) is 4.85. The number of hydrogen-bond donors (Lipinski definition) is 2. The van der Waals surface area contributed by atoms with Crippen molar-refractivity contribution in [1.29, 1.82) is 0 Å². The molecule has 1 aromatic heterocycles. The molecule has 1 heterocycles. The number of aromatic nitrogens is 1. The molecule has 16 heavy (non-hydrogen) atoms. The fourth-order valence-corrected chi connectivity index (χ4v) is 1.40. The van der Waals surface area contributed by atoms with Gasteiger partial charge in [0.05, 0.1) is 5.56 Å². The van der Waals surface area contributed by atoms with Gasteiger partial charge in [0, 0.05) is 5.92 Å². The van der Waals surface area contributed by atoms with Gasteiger partial charge < -0.3 is 14.6 Å². The predicted octanol–water partition coefficient (Wildman–Crippen LogP) is 2.35. The Bertz CT molecular complexity index is 556. The minimum Gasteiger partial charge on any atom is -0.506 e. The molecule has 5 heteroatoms. The molecule has 0 aliphatic heterocycles. The molecule has 0 amide bonds. The monoisotopic (exact) mass is 221 g/mol. The van der Waals surface area contributed by atoms with E-state index in [0.717, 1.165) is 6.07 Å². The van der Waals surface area contributed by atoms with Gasteiger partial charge in [0.15, 0.2) is 17.0 Å². The summed E-state index contributed by atoms with van der Waals surface area (Å²) in [6.07, 6.45) is 0. The van der Waals surface area contributed by atoms with E-state index in [0.29, 0.717) is 17.0 Å². The second kappa shape index (κ2) is 3.52. The van der Waals surface area contributed by atoms with Gasteiger partial charge in [-0.25, -0.2) is 9.78 Å². The molecule has 0 atom stereocenters. The lowest BCUT2D eigenvalue weighted by molar-refractivity contribution is 0.0696. The number of carboxylic acid groups (broad SMARTS) is 1. The van der Waals surface area contributed by atoms with Crippen LogP contribution in [0.1, 0.15) is 36.0 Å². The van der Waals surface area contributed by atoms with Crippen LogP contribution in [0.5, 0.6) is 5.75 Å². The Morgan fingerprint density at radius 2 is 2.12 bits per heavy atom. The molecule has 5 nitrogen and oxygen atoms in total. The molecule has 0 spiro atoms. The first kappa shape index (κ1) is 10.5. The van der Waals surface area contributed by atoms with E-state index in [-0.39, 0.29) is 17.2 Å².